The van der Waals surface area contributed by atoms with E-state index in [1.165, 1.54) is 25.3 Å². The van der Waals surface area contributed by atoms with Crippen molar-refractivity contribution >= 4 is 87.5 Å². The number of ether oxygens (including phenoxy) is 2. The molecule has 1 amide bonds. The first-order valence-electron chi connectivity index (χ1n) is 22.4. The number of hydrogen-bond acceptors (Lipinski definition) is 18. The molecule has 69 heavy (non-hydrogen) atoms. The lowest BCUT2D eigenvalue weighted by atomic mass is 10.1. The average molecular weight is 1060 g/mol. The minimum atomic E-state index is -4.23. The van der Waals surface area contributed by atoms with Gasteiger partial charge < -0.3 is 47.1 Å². The van der Waals surface area contributed by atoms with Crippen LogP contribution in [0, 0.1) is 11.3 Å². The SMILES string of the molecule is CC(C)(C)[Si](C)(C)O[C@H]1C(n2cnc3c(NC(=O)c4ccccc4)ncnc32)OC2COP(=S)(OCCC#N)[C@@H]3C(COP(O)(=S)O[C@H]21)OC(n1cnc2c(=O)[nH]cnc21)[C@@H]3O[Si](C)(C)C(C)(C)C. The number of carbonyl (C=O) groups excluding carboxylic acids is 1. The predicted molar refractivity (Wildman–Crippen MR) is 267 cm³/mol. The summed E-state index contributed by atoms with van der Waals surface area (Å²) in [5.41, 5.74) is -0.0556. The number of hydrogen-bond donors (Lipinski definition) is 3. The van der Waals surface area contributed by atoms with Crippen molar-refractivity contribution in [3.63, 3.8) is 0 Å². The smallest absolute Gasteiger partial charge is 0.325 e. The molecule has 3 saturated heterocycles. The summed E-state index contributed by atoms with van der Waals surface area (Å²) in [6, 6.07) is 10.8. The first-order valence-corrected chi connectivity index (χ1v) is 33.5. The number of aromatic amines is 1. The lowest BCUT2D eigenvalue weighted by Crippen LogP contribution is -2.49. The Hall–Kier alpha value is -3.55. The zero-order valence-electron chi connectivity index (χ0n) is 40.0. The fourth-order valence-corrected chi connectivity index (χ4v) is 15.4. The van der Waals surface area contributed by atoms with Crippen LogP contribution in [0.2, 0.25) is 36.3 Å². The van der Waals surface area contributed by atoms with Crippen LogP contribution < -0.4 is 10.9 Å². The van der Waals surface area contributed by atoms with E-state index < -0.39 is 89.9 Å². The normalized spacial score (nSPS) is 29.3. The third kappa shape index (κ3) is 10.4. The van der Waals surface area contributed by atoms with Crippen LogP contribution in [0.4, 0.5) is 5.82 Å². The molecule has 1 aromatic carbocycles. The quantitative estimate of drug-likeness (QED) is 0.0681. The minimum Gasteiger partial charge on any atom is -0.408 e. The van der Waals surface area contributed by atoms with Crippen molar-refractivity contribution in [3.8, 4) is 6.07 Å². The van der Waals surface area contributed by atoms with E-state index in [4.69, 9.17) is 60.0 Å². The summed E-state index contributed by atoms with van der Waals surface area (Å²) in [7, 11) is -5.46. The molecule has 3 aliphatic rings. The Labute approximate surface area is 411 Å². The van der Waals surface area contributed by atoms with Gasteiger partial charge in [-0.05, 0) is 72.0 Å². The number of nitrogens with one attached hydrogen (secondary N) is 2. The lowest BCUT2D eigenvalue weighted by molar-refractivity contribution is -0.0484. The molecule has 5 aromatic rings. The molecule has 0 bridgehead atoms. The summed E-state index contributed by atoms with van der Waals surface area (Å²) in [6.45, 7) is 12.2. The van der Waals surface area contributed by atoms with Gasteiger partial charge in [0.05, 0.1) is 63.1 Å². The van der Waals surface area contributed by atoms with Crippen molar-refractivity contribution in [3.05, 3.63) is 71.6 Å². The minimum absolute atomic E-state index is 0.0104. The number of aromatic nitrogens is 8. The van der Waals surface area contributed by atoms with Crippen molar-refractivity contribution in [1.82, 2.24) is 39.0 Å². The van der Waals surface area contributed by atoms with Gasteiger partial charge in [-0.3, -0.25) is 23.2 Å². The van der Waals surface area contributed by atoms with Gasteiger partial charge in [0, 0.05) is 5.56 Å². The first kappa shape index (κ1) is 51.8. The van der Waals surface area contributed by atoms with Crippen molar-refractivity contribution < 1.29 is 46.1 Å². The summed E-state index contributed by atoms with van der Waals surface area (Å²) in [4.78, 5) is 63.3. The highest BCUT2D eigenvalue weighted by atomic mass is 32.5. The van der Waals surface area contributed by atoms with Crippen molar-refractivity contribution in [2.24, 2.45) is 0 Å². The summed E-state index contributed by atoms with van der Waals surface area (Å²) in [5.74, 6) is -0.220. The van der Waals surface area contributed by atoms with E-state index in [0.717, 1.165) is 0 Å². The molecule has 0 saturated carbocycles. The Kier molecular flexibility index (Phi) is 14.6. The third-order valence-electron chi connectivity index (χ3n) is 13.5. The fourth-order valence-electron chi connectivity index (χ4n) is 7.85. The first-order chi connectivity index (χ1) is 32.3. The maximum Gasteiger partial charge on any atom is 0.325 e. The number of fused-ring (bicyclic) bond motifs is 4. The molecule has 0 spiro atoms. The number of nitriles is 1. The fraction of sp³-hybridized carbons (Fsp3) is 0.571. The number of imidazole rings is 2. The van der Waals surface area contributed by atoms with Crippen LogP contribution in [0.5, 0.6) is 0 Å². The van der Waals surface area contributed by atoms with Crippen LogP contribution in [0.1, 0.15) is 70.8 Å². The summed E-state index contributed by atoms with van der Waals surface area (Å²) in [6.07, 6.45) is -1.60. The highest BCUT2D eigenvalue weighted by Crippen LogP contribution is 2.63. The number of anilines is 1. The van der Waals surface area contributed by atoms with Crippen LogP contribution in [0.3, 0.4) is 0 Å². The van der Waals surface area contributed by atoms with E-state index in [1.807, 2.05) is 6.07 Å². The number of carbonyl (C=O) groups is 1. The van der Waals surface area contributed by atoms with Crippen molar-refractivity contribution in [2.45, 2.75) is 133 Å². The van der Waals surface area contributed by atoms with E-state index in [-0.39, 0.29) is 58.8 Å². The molecule has 8 rings (SSSR count). The monoisotopic (exact) mass is 1060 g/mol. The molecule has 372 valence electrons. The number of H-pyrrole nitrogens is 1. The van der Waals surface area contributed by atoms with E-state index in [1.54, 1.807) is 33.4 Å². The maximum atomic E-state index is 13.3. The van der Waals surface area contributed by atoms with Crippen LogP contribution in [0.15, 0.2) is 60.4 Å². The molecule has 6 unspecified atom stereocenters. The van der Waals surface area contributed by atoms with E-state index >= 15 is 0 Å². The molecule has 3 N–H and O–H groups in total. The van der Waals surface area contributed by atoms with Crippen LogP contribution in [-0.4, -0.2) is 122 Å². The van der Waals surface area contributed by atoms with Crippen molar-refractivity contribution in [2.75, 3.05) is 25.1 Å². The molecule has 3 fully saturated rings. The van der Waals surface area contributed by atoms with Gasteiger partial charge in [-0.1, -0.05) is 59.7 Å². The summed E-state index contributed by atoms with van der Waals surface area (Å²) < 4.78 is 57.9. The highest BCUT2D eigenvalue weighted by molar-refractivity contribution is 8.10. The molecule has 4 aromatic heterocycles. The van der Waals surface area contributed by atoms with Gasteiger partial charge in [0.2, 0.25) is 0 Å². The van der Waals surface area contributed by atoms with Crippen molar-refractivity contribution in [1.29, 1.82) is 5.26 Å². The number of amides is 1. The Morgan fingerprint density at radius 1 is 0.884 bits per heavy atom. The van der Waals surface area contributed by atoms with Gasteiger partial charge in [-0.2, -0.15) is 5.26 Å². The molecule has 27 heteroatoms. The third-order valence-corrected chi connectivity index (χ3v) is 27.8. The van der Waals surface area contributed by atoms with E-state index in [2.05, 4.69) is 109 Å². The summed E-state index contributed by atoms with van der Waals surface area (Å²) in [5, 5.41) is 11.9. The van der Waals surface area contributed by atoms with Crippen LogP contribution in [-0.2, 0) is 60.0 Å². The number of rotatable bonds is 11. The van der Waals surface area contributed by atoms with Gasteiger partial charge >= 0.3 is 6.72 Å². The molecule has 10 atom stereocenters. The molecular weight excluding hydrogens is 1000 g/mol. The molecule has 21 nitrogen and oxygen atoms in total. The standard InChI is InChI=1S/C42H58N10O11P2S2Si2/c1-41(2,3)68(7,8)62-31-30-26(59-39(31)51-23-48-28-34(44-21-45-35(28)51)50-37(53)25-15-12-11-13-16-25)19-57-64(66,56-18-14-17-43)33-27(20-58-65(55,67)61-30)60-40(32(33)63-69(9,10)42(4,5)6)52-24-49-29-36(52)46-22-47-38(29)54/h11-13,15-16,21-24,26-27,30-33,39-40H,14,18-20H2,1-10H3,(H,55,67)(H,46,47,54)(H,44,45,50,53)/t26?,27?,30-,31-,32-,33-,39?,40?,64?,65?/m1/s1. The second kappa shape index (κ2) is 19.5. The van der Waals surface area contributed by atoms with Crippen LogP contribution in [0.25, 0.3) is 22.3 Å². The van der Waals surface area contributed by atoms with E-state index in [0.29, 0.717) is 11.2 Å². The Bertz CT molecular complexity index is 2910. The second-order valence-electron chi connectivity index (χ2n) is 20.1. The molecule has 0 radical (unpaired) electrons. The molecule has 7 heterocycles. The van der Waals surface area contributed by atoms with Gasteiger partial charge in [-0.15, -0.1) is 0 Å². The largest absolute Gasteiger partial charge is 0.408 e. The average Bonchev–Trinajstić information content (AvgIpc) is 4.06. The molecule has 0 aliphatic carbocycles. The Morgan fingerprint density at radius 2 is 1.48 bits per heavy atom. The molecule has 3 aliphatic heterocycles. The second-order valence-corrected chi connectivity index (χ2v) is 36.2. The molecular formula is C42H58N10O11P2S2Si2. The zero-order valence-corrected chi connectivity index (χ0v) is 45.4. The van der Waals surface area contributed by atoms with Gasteiger partial charge in [0.25, 0.3) is 11.5 Å². The lowest BCUT2D eigenvalue weighted by Gasteiger charge is -2.42. The topological polar surface area (TPSA) is 254 Å². The van der Waals surface area contributed by atoms with Gasteiger partial charge in [0.1, 0.15) is 30.7 Å². The Balaban J connectivity index is 1.22. The Morgan fingerprint density at radius 3 is 2.13 bits per heavy atom. The maximum absolute atomic E-state index is 13.3. The van der Waals surface area contributed by atoms with Crippen LogP contribution >= 0.6 is 13.2 Å². The highest BCUT2D eigenvalue weighted by Gasteiger charge is 2.60. The zero-order chi connectivity index (χ0) is 49.9. The number of nitrogens with zero attached hydrogens (tertiary/aromatic N) is 8. The van der Waals surface area contributed by atoms with Gasteiger partial charge in [0.15, 0.2) is 63.7 Å². The van der Waals surface area contributed by atoms with E-state index in [9.17, 15) is 19.7 Å². The summed E-state index contributed by atoms with van der Waals surface area (Å²) >= 11 is 12.4. The number of benzene rings is 1. The predicted octanol–water partition coefficient (Wildman–Crippen LogP) is 7.04. The van der Waals surface area contributed by atoms with Gasteiger partial charge in [-0.25, -0.2) is 24.9 Å².